The van der Waals surface area contributed by atoms with Crippen molar-refractivity contribution < 1.29 is 19.1 Å². The lowest BCUT2D eigenvalue weighted by molar-refractivity contribution is -0.128. The molecule has 0 radical (unpaired) electrons. The van der Waals surface area contributed by atoms with Crippen LogP contribution in [0.1, 0.15) is 39.1 Å². The Labute approximate surface area is 197 Å². The Hall–Kier alpha value is -4.19. The molecule has 172 valence electrons. The number of hydrogen-bond donors (Lipinski definition) is 1. The number of aryl methyl sites for hydroxylation is 5. The van der Waals surface area contributed by atoms with Crippen LogP contribution < -0.4 is 10.4 Å². The van der Waals surface area contributed by atoms with Crippen LogP contribution in [-0.4, -0.2) is 16.1 Å². The van der Waals surface area contributed by atoms with Crippen LogP contribution in [0, 0.1) is 34.6 Å². The summed E-state index contributed by atoms with van der Waals surface area (Å²) in [6.45, 7) is 9.29. The monoisotopic (exact) mass is 455 g/mol. The van der Waals surface area contributed by atoms with Gasteiger partial charge in [-0.05, 0) is 69.0 Å². The number of esters is 1. The number of aliphatic hydroxyl groups is 1. The molecule has 0 aliphatic heterocycles. The fourth-order valence-electron chi connectivity index (χ4n) is 4.02. The van der Waals surface area contributed by atoms with Crippen molar-refractivity contribution in [3.63, 3.8) is 0 Å². The third kappa shape index (κ3) is 4.35. The number of aliphatic hydroxyl groups excluding tert-OH is 1. The summed E-state index contributed by atoms with van der Waals surface area (Å²) in [5.41, 5.74) is 3.71. The Morgan fingerprint density at radius 1 is 0.882 bits per heavy atom. The lowest BCUT2D eigenvalue weighted by Crippen LogP contribution is -2.20. The number of benzene rings is 3. The Bertz CT molecular complexity index is 1500. The molecule has 0 aliphatic carbocycles. The van der Waals surface area contributed by atoms with E-state index < -0.39 is 17.4 Å². The summed E-state index contributed by atoms with van der Waals surface area (Å²) in [7, 11) is 0. The Balaban J connectivity index is 1.95. The van der Waals surface area contributed by atoms with Gasteiger partial charge in [0.15, 0.2) is 11.3 Å². The van der Waals surface area contributed by atoms with Gasteiger partial charge in [-0.2, -0.15) is 0 Å². The summed E-state index contributed by atoms with van der Waals surface area (Å²) in [5, 5.41) is 11.3. The van der Waals surface area contributed by atoms with Gasteiger partial charge in [-0.25, -0.2) is 14.6 Å². The van der Waals surface area contributed by atoms with Crippen molar-refractivity contribution in [1.29, 1.82) is 0 Å². The van der Waals surface area contributed by atoms with Gasteiger partial charge in [0, 0.05) is 5.56 Å². The number of carbonyl (C=O) groups excluding carboxylic acids is 1. The molecule has 4 rings (SSSR count). The van der Waals surface area contributed by atoms with Crippen molar-refractivity contribution >= 4 is 28.4 Å². The first-order valence-corrected chi connectivity index (χ1v) is 10.9. The molecule has 6 heteroatoms. The zero-order valence-corrected chi connectivity index (χ0v) is 19.7. The van der Waals surface area contributed by atoms with E-state index in [1.807, 2.05) is 45.9 Å². The number of nitrogens with zero attached hydrogens (tertiary/aromatic N) is 1. The van der Waals surface area contributed by atoms with Gasteiger partial charge in [-0.1, -0.05) is 48.0 Å². The fourth-order valence-corrected chi connectivity index (χ4v) is 4.02. The maximum absolute atomic E-state index is 13.5. The standard InChI is InChI=1S/C28H25NO5/c1-15-10-11-22-21(14-15)29-24(28(32)33-22)23(25(30)20-9-7-6-8-17(20)3)27(31)34-26-18(4)12-16(2)13-19(26)5/h6-14,30H,1-5H3. The van der Waals surface area contributed by atoms with E-state index in [1.54, 1.807) is 43.3 Å². The molecule has 0 fully saturated rings. The summed E-state index contributed by atoms with van der Waals surface area (Å²) in [5.74, 6) is -0.938. The molecule has 0 aliphatic rings. The SMILES string of the molecule is Cc1cc(C)c(OC(=O)C(=C(O)c2ccccc2C)c2nc3cc(C)ccc3oc2=O)c(C)c1. The molecule has 0 amide bonds. The molecular weight excluding hydrogens is 430 g/mol. The summed E-state index contributed by atoms with van der Waals surface area (Å²) in [6, 6.07) is 16.0. The Morgan fingerprint density at radius 2 is 1.56 bits per heavy atom. The largest absolute Gasteiger partial charge is 0.506 e. The van der Waals surface area contributed by atoms with Crippen molar-refractivity contribution in [2.75, 3.05) is 0 Å². The van der Waals surface area contributed by atoms with Gasteiger partial charge in [-0.15, -0.1) is 0 Å². The van der Waals surface area contributed by atoms with Crippen LogP contribution in [0.4, 0.5) is 0 Å². The molecule has 6 nitrogen and oxygen atoms in total. The van der Waals surface area contributed by atoms with Crippen LogP contribution in [0.2, 0.25) is 0 Å². The number of aromatic nitrogens is 1. The molecule has 0 saturated carbocycles. The van der Waals surface area contributed by atoms with Gasteiger partial charge in [-0.3, -0.25) is 0 Å². The summed E-state index contributed by atoms with van der Waals surface area (Å²) < 4.78 is 11.2. The highest BCUT2D eigenvalue weighted by Crippen LogP contribution is 2.30. The van der Waals surface area contributed by atoms with E-state index in [4.69, 9.17) is 9.15 Å². The molecule has 0 bridgehead atoms. The molecule has 4 aromatic rings. The predicted molar refractivity (Wildman–Crippen MR) is 132 cm³/mol. The lowest BCUT2D eigenvalue weighted by Gasteiger charge is -2.15. The maximum Gasteiger partial charge on any atom is 0.363 e. The van der Waals surface area contributed by atoms with Gasteiger partial charge in [0.05, 0.1) is 0 Å². The summed E-state index contributed by atoms with van der Waals surface area (Å²) in [4.78, 5) is 30.9. The van der Waals surface area contributed by atoms with Crippen molar-refractivity contribution in [1.82, 2.24) is 4.98 Å². The van der Waals surface area contributed by atoms with Gasteiger partial charge >= 0.3 is 11.6 Å². The van der Waals surface area contributed by atoms with Crippen molar-refractivity contribution in [3.05, 3.63) is 104 Å². The second kappa shape index (κ2) is 8.98. The highest BCUT2D eigenvalue weighted by atomic mass is 16.5. The van der Waals surface area contributed by atoms with Crippen LogP contribution >= 0.6 is 0 Å². The van der Waals surface area contributed by atoms with E-state index in [-0.39, 0.29) is 16.9 Å². The zero-order valence-electron chi connectivity index (χ0n) is 19.7. The highest BCUT2D eigenvalue weighted by molar-refractivity contribution is 6.23. The lowest BCUT2D eigenvalue weighted by atomic mass is 10.0. The quantitative estimate of drug-likeness (QED) is 0.182. The Morgan fingerprint density at radius 3 is 2.24 bits per heavy atom. The van der Waals surface area contributed by atoms with Crippen LogP contribution in [0.3, 0.4) is 0 Å². The molecule has 0 unspecified atom stereocenters. The van der Waals surface area contributed by atoms with Crippen LogP contribution in [0.5, 0.6) is 5.75 Å². The number of ether oxygens (including phenoxy) is 1. The van der Waals surface area contributed by atoms with E-state index in [2.05, 4.69) is 4.98 Å². The smallest absolute Gasteiger partial charge is 0.363 e. The number of rotatable bonds is 4. The van der Waals surface area contributed by atoms with Crippen LogP contribution in [-0.2, 0) is 4.79 Å². The molecule has 1 heterocycles. The predicted octanol–water partition coefficient (Wildman–Crippen LogP) is 5.76. The minimum Gasteiger partial charge on any atom is -0.506 e. The van der Waals surface area contributed by atoms with Crippen molar-refractivity contribution in [2.24, 2.45) is 0 Å². The molecule has 3 aromatic carbocycles. The number of carbonyl (C=O) groups is 1. The molecule has 0 spiro atoms. The molecule has 1 N–H and O–H groups in total. The van der Waals surface area contributed by atoms with E-state index in [0.717, 1.165) is 22.3 Å². The van der Waals surface area contributed by atoms with Crippen molar-refractivity contribution in [3.8, 4) is 5.75 Å². The second-order valence-electron chi connectivity index (χ2n) is 8.48. The molecule has 0 atom stereocenters. The first-order valence-electron chi connectivity index (χ1n) is 10.9. The van der Waals surface area contributed by atoms with Crippen LogP contribution in [0.15, 0.2) is 63.8 Å². The first kappa shape index (κ1) is 23.0. The van der Waals surface area contributed by atoms with Gasteiger partial charge < -0.3 is 14.3 Å². The average molecular weight is 456 g/mol. The molecule has 34 heavy (non-hydrogen) atoms. The third-order valence-corrected chi connectivity index (χ3v) is 5.62. The molecule has 0 saturated heterocycles. The van der Waals surface area contributed by atoms with E-state index in [1.165, 1.54) is 0 Å². The van der Waals surface area contributed by atoms with Gasteiger partial charge in [0.25, 0.3) is 0 Å². The minimum atomic E-state index is -0.900. The van der Waals surface area contributed by atoms with Crippen LogP contribution in [0.25, 0.3) is 22.4 Å². The topological polar surface area (TPSA) is 89.6 Å². The molecule has 1 aromatic heterocycles. The maximum atomic E-state index is 13.5. The summed E-state index contributed by atoms with van der Waals surface area (Å²) >= 11 is 0. The average Bonchev–Trinajstić information content (AvgIpc) is 2.77. The Kier molecular flexibility index (Phi) is 6.07. The normalized spacial score (nSPS) is 11.9. The highest BCUT2D eigenvalue weighted by Gasteiger charge is 2.28. The van der Waals surface area contributed by atoms with E-state index >= 15 is 0 Å². The van der Waals surface area contributed by atoms with E-state index in [0.29, 0.717) is 22.4 Å². The summed E-state index contributed by atoms with van der Waals surface area (Å²) in [6.07, 6.45) is 0. The fraction of sp³-hybridized carbons (Fsp3) is 0.179. The third-order valence-electron chi connectivity index (χ3n) is 5.62. The number of fused-ring (bicyclic) bond motifs is 1. The van der Waals surface area contributed by atoms with E-state index in [9.17, 15) is 14.7 Å². The molecular formula is C28H25NO5. The van der Waals surface area contributed by atoms with Gasteiger partial charge in [0.1, 0.15) is 22.6 Å². The van der Waals surface area contributed by atoms with Crippen molar-refractivity contribution in [2.45, 2.75) is 34.6 Å². The second-order valence-corrected chi connectivity index (χ2v) is 8.48. The number of hydrogen-bond acceptors (Lipinski definition) is 6. The van der Waals surface area contributed by atoms with Gasteiger partial charge in [0.2, 0.25) is 0 Å². The first-order chi connectivity index (χ1) is 16.2. The minimum absolute atomic E-state index is 0.285. The zero-order chi connectivity index (χ0) is 24.6.